The van der Waals surface area contributed by atoms with Crippen LogP contribution in [0.25, 0.3) is 22.8 Å². The lowest BCUT2D eigenvalue weighted by Gasteiger charge is -2.12. The van der Waals surface area contributed by atoms with E-state index in [1.165, 1.54) is 18.2 Å². The average molecular weight is 387 g/mol. The van der Waals surface area contributed by atoms with Crippen molar-refractivity contribution < 1.29 is 23.4 Å². The Morgan fingerprint density at radius 2 is 1.96 bits per heavy atom. The number of carbonyl (C=O) groups excluding carboxylic acids is 1. The minimum Gasteiger partial charge on any atom is -0.407 e. The highest BCUT2D eigenvalue weighted by Crippen LogP contribution is 2.32. The van der Waals surface area contributed by atoms with Crippen LogP contribution in [0.3, 0.4) is 0 Å². The van der Waals surface area contributed by atoms with Crippen LogP contribution in [0.15, 0.2) is 40.9 Å². The van der Waals surface area contributed by atoms with Gasteiger partial charge in [-0.3, -0.25) is 10.1 Å². The summed E-state index contributed by atoms with van der Waals surface area (Å²) in [4.78, 5) is 27.3. The van der Waals surface area contributed by atoms with E-state index < -0.39 is 16.8 Å². The summed E-state index contributed by atoms with van der Waals surface area (Å²) in [6, 6.07) is 8.13. The number of carbonyl (C=O) groups is 1. The lowest BCUT2D eigenvalue weighted by Crippen LogP contribution is -2.16. The topological polar surface area (TPSA) is 138 Å². The molecule has 0 saturated carbocycles. The Bertz CT molecular complexity index is 1070. The Balaban J connectivity index is 1.94. The number of nitro benzene ring substituents is 1. The first kappa shape index (κ1) is 18.8. The molecule has 0 radical (unpaired) electrons. The zero-order valence-corrected chi connectivity index (χ0v) is 14.7. The molecular formula is C17H14FN5O5. The molecule has 0 fully saturated rings. The molecule has 0 aliphatic rings. The molecule has 0 spiro atoms. The van der Waals surface area contributed by atoms with Crippen molar-refractivity contribution in [3.63, 3.8) is 0 Å². The van der Waals surface area contributed by atoms with E-state index in [4.69, 9.17) is 10.3 Å². The highest BCUT2D eigenvalue weighted by atomic mass is 19.1. The molecule has 0 aliphatic heterocycles. The number of nitrogens with two attached hydrogens (primary N) is 1. The normalized spacial score (nSPS) is 10.5. The van der Waals surface area contributed by atoms with Gasteiger partial charge in [-0.15, -0.1) is 0 Å². The van der Waals surface area contributed by atoms with Crippen LogP contribution < -0.4 is 15.4 Å². The second kappa shape index (κ2) is 7.31. The van der Waals surface area contributed by atoms with Crippen molar-refractivity contribution in [3.8, 4) is 28.6 Å². The number of nitrogens with zero attached hydrogens (tertiary/aromatic N) is 4. The van der Waals surface area contributed by atoms with Gasteiger partial charge in [-0.2, -0.15) is 4.98 Å². The molecule has 11 heteroatoms. The second-order valence-corrected chi connectivity index (χ2v) is 5.84. The Kier molecular flexibility index (Phi) is 4.90. The first-order chi connectivity index (χ1) is 13.3. The zero-order chi connectivity index (χ0) is 20.4. The SMILES string of the molecule is CN(C)c1ccc(-c2nc(-c3ccc(OC(N)=O)c(F)c3)no2)cc1[N+](=O)[O-]. The molecular weight excluding hydrogens is 373 g/mol. The maximum Gasteiger partial charge on any atom is 0.410 e. The van der Waals surface area contributed by atoms with Gasteiger partial charge < -0.3 is 19.9 Å². The second-order valence-electron chi connectivity index (χ2n) is 5.84. The van der Waals surface area contributed by atoms with Crippen molar-refractivity contribution in [1.29, 1.82) is 0 Å². The van der Waals surface area contributed by atoms with Gasteiger partial charge in [0.2, 0.25) is 5.82 Å². The summed E-state index contributed by atoms with van der Waals surface area (Å²) in [5.74, 6) is -1.09. The number of ether oxygens (including phenoxy) is 1. The summed E-state index contributed by atoms with van der Waals surface area (Å²) >= 11 is 0. The van der Waals surface area contributed by atoms with Crippen LogP contribution >= 0.6 is 0 Å². The zero-order valence-electron chi connectivity index (χ0n) is 14.7. The molecule has 144 valence electrons. The van der Waals surface area contributed by atoms with E-state index in [9.17, 15) is 19.3 Å². The van der Waals surface area contributed by atoms with Gasteiger partial charge in [-0.25, -0.2) is 9.18 Å². The summed E-state index contributed by atoms with van der Waals surface area (Å²) < 4.78 is 23.6. The maximum absolute atomic E-state index is 14.0. The lowest BCUT2D eigenvalue weighted by atomic mass is 10.1. The van der Waals surface area contributed by atoms with Gasteiger partial charge in [0.25, 0.3) is 11.6 Å². The van der Waals surface area contributed by atoms with Crippen molar-refractivity contribution in [2.24, 2.45) is 5.73 Å². The minimum absolute atomic E-state index is 0.0290. The molecule has 3 aromatic rings. The molecule has 0 unspecified atom stereocenters. The van der Waals surface area contributed by atoms with E-state index in [0.29, 0.717) is 11.3 Å². The standard InChI is InChI=1S/C17H14FN5O5/c1-22(2)12-5-3-10(8-13(12)23(25)26)16-20-15(21-28-16)9-4-6-14(11(18)7-9)27-17(19)24/h3-8H,1-2H3,(H2,19,24). The molecule has 0 aliphatic carbocycles. The Morgan fingerprint density at radius 1 is 1.25 bits per heavy atom. The van der Waals surface area contributed by atoms with Crippen molar-refractivity contribution in [2.75, 3.05) is 19.0 Å². The predicted molar refractivity (Wildman–Crippen MR) is 96.3 cm³/mol. The fourth-order valence-electron chi connectivity index (χ4n) is 2.47. The molecule has 0 bridgehead atoms. The Hall–Kier alpha value is -4.02. The van der Waals surface area contributed by atoms with E-state index in [-0.39, 0.29) is 28.7 Å². The van der Waals surface area contributed by atoms with Crippen molar-refractivity contribution in [2.45, 2.75) is 0 Å². The number of aromatic nitrogens is 2. The van der Waals surface area contributed by atoms with Crippen LogP contribution in [0.4, 0.5) is 20.6 Å². The molecule has 2 N–H and O–H groups in total. The quantitative estimate of drug-likeness (QED) is 0.521. The third-order valence-electron chi connectivity index (χ3n) is 3.73. The summed E-state index contributed by atoms with van der Waals surface area (Å²) in [7, 11) is 3.37. The molecule has 0 atom stereocenters. The van der Waals surface area contributed by atoms with Crippen LogP contribution in [-0.2, 0) is 0 Å². The fraction of sp³-hybridized carbons (Fsp3) is 0.118. The molecule has 1 heterocycles. The fourth-order valence-corrected chi connectivity index (χ4v) is 2.47. The molecule has 1 aromatic heterocycles. The van der Waals surface area contributed by atoms with Crippen molar-refractivity contribution in [1.82, 2.24) is 10.1 Å². The van der Waals surface area contributed by atoms with Crippen LogP contribution in [0, 0.1) is 15.9 Å². The van der Waals surface area contributed by atoms with Gasteiger partial charge in [-0.1, -0.05) is 5.16 Å². The van der Waals surface area contributed by atoms with Crippen LogP contribution in [0.5, 0.6) is 5.75 Å². The van der Waals surface area contributed by atoms with Gasteiger partial charge in [0.05, 0.1) is 4.92 Å². The molecule has 2 aromatic carbocycles. The number of primary amides is 1. The number of hydrogen-bond donors (Lipinski definition) is 1. The Morgan fingerprint density at radius 3 is 2.57 bits per heavy atom. The highest BCUT2D eigenvalue weighted by Gasteiger charge is 2.20. The first-order valence-corrected chi connectivity index (χ1v) is 7.83. The van der Waals surface area contributed by atoms with Crippen LogP contribution in [0.1, 0.15) is 0 Å². The number of rotatable bonds is 5. The Labute approximate surface area is 157 Å². The molecule has 28 heavy (non-hydrogen) atoms. The van der Waals surface area contributed by atoms with Crippen LogP contribution in [0.2, 0.25) is 0 Å². The summed E-state index contributed by atoms with van der Waals surface area (Å²) in [6.07, 6.45) is -1.14. The maximum atomic E-state index is 14.0. The number of benzene rings is 2. The van der Waals surface area contributed by atoms with E-state index in [0.717, 1.165) is 6.07 Å². The number of amides is 1. The summed E-state index contributed by atoms with van der Waals surface area (Å²) in [5, 5.41) is 15.1. The lowest BCUT2D eigenvalue weighted by molar-refractivity contribution is -0.384. The van der Waals surface area contributed by atoms with Crippen molar-refractivity contribution >= 4 is 17.5 Å². The van der Waals surface area contributed by atoms with Crippen LogP contribution in [-0.4, -0.2) is 35.3 Å². The number of nitro groups is 1. The van der Waals surface area contributed by atoms with Gasteiger partial charge in [-0.05, 0) is 30.3 Å². The average Bonchev–Trinajstić information content (AvgIpc) is 3.12. The monoisotopic (exact) mass is 387 g/mol. The number of anilines is 1. The van der Waals surface area contributed by atoms with Gasteiger partial charge >= 0.3 is 6.09 Å². The van der Waals surface area contributed by atoms with E-state index in [1.807, 2.05) is 0 Å². The van der Waals surface area contributed by atoms with Gasteiger partial charge in [0.15, 0.2) is 11.6 Å². The smallest absolute Gasteiger partial charge is 0.407 e. The van der Waals surface area contributed by atoms with Gasteiger partial charge in [0, 0.05) is 31.3 Å². The number of hydrogen-bond acceptors (Lipinski definition) is 8. The predicted octanol–water partition coefficient (Wildman–Crippen LogP) is 2.97. The van der Waals surface area contributed by atoms with Gasteiger partial charge in [0.1, 0.15) is 5.69 Å². The highest BCUT2D eigenvalue weighted by molar-refractivity contribution is 5.71. The summed E-state index contributed by atoms with van der Waals surface area (Å²) in [5.41, 5.74) is 5.74. The minimum atomic E-state index is -1.14. The molecule has 3 rings (SSSR count). The molecule has 0 saturated heterocycles. The third-order valence-corrected chi connectivity index (χ3v) is 3.73. The van der Waals surface area contributed by atoms with Crippen molar-refractivity contribution in [3.05, 3.63) is 52.3 Å². The molecule has 10 nitrogen and oxygen atoms in total. The molecule has 1 amide bonds. The summed E-state index contributed by atoms with van der Waals surface area (Å²) in [6.45, 7) is 0. The number of halogens is 1. The van der Waals surface area contributed by atoms with E-state index >= 15 is 0 Å². The largest absolute Gasteiger partial charge is 0.410 e. The first-order valence-electron chi connectivity index (χ1n) is 7.83. The van der Waals surface area contributed by atoms with E-state index in [1.54, 1.807) is 31.1 Å². The third kappa shape index (κ3) is 3.72. The van der Waals surface area contributed by atoms with E-state index in [2.05, 4.69) is 14.9 Å².